The fraction of sp³-hybridized carbons (Fsp3) is 0.238. The van der Waals surface area contributed by atoms with Gasteiger partial charge in [0.05, 0.1) is 12.1 Å². The third-order valence-electron chi connectivity index (χ3n) is 4.86. The zero-order valence-corrected chi connectivity index (χ0v) is 16.2. The number of halogens is 1. The molecular formula is C21H19FN2O4S. The molecule has 8 heteroatoms. The molecular weight excluding hydrogens is 395 g/mol. The van der Waals surface area contributed by atoms with Crippen molar-refractivity contribution in [2.24, 2.45) is 0 Å². The van der Waals surface area contributed by atoms with E-state index in [2.05, 4.69) is 4.72 Å². The Morgan fingerprint density at radius 3 is 2.59 bits per heavy atom. The number of aromatic carboxylic acids is 1. The molecule has 29 heavy (non-hydrogen) atoms. The third kappa shape index (κ3) is 3.91. The average molecular weight is 414 g/mol. The number of carboxylic acid groups (broad SMARTS) is 1. The van der Waals surface area contributed by atoms with Crippen LogP contribution in [0.4, 0.5) is 4.39 Å². The predicted molar refractivity (Wildman–Crippen MR) is 110 cm³/mol. The molecule has 1 heterocycles. The molecule has 1 aliphatic rings. The van der Waals surface area contributed by atoms with Gasteiger partial charge in [0, 0.05) is 34.6 Å². The third-order valence-corrected chi connectivity index (χ3v) is 5.72. The van der Waals surface area contributed by atoms with Crippen LogP contribution in [0.2, 0.25) is 0 Å². The SMILES string of the molecule is O=C(O)c1cn(C2CC2)c2cc(-c3ccc(SNCCO)cc3)c(F)cc2c1=O. The van der Waals surface area contributed by atoms with Crippen molar-refractivity contribution in [2.45, 2.75) is 23.8 Å². The Hall–Kier alpha value is -2.68. The minimum atomic E-state index is -1.31. The van der Waals surface area contributed by atoms with E-state index >= 15 is 0 Å². The molecule has 0 saturated heterocycles. The molecule has 0 atom stereocenters. The molecule has 0 unspecified atom stereocenters. The van der Waals surface area contributed by atoms with Gasteiger partial charge in [-0.25, -0.2) is 9.18 Å². The summed E-state index contributed by atoms with van der Waals surface area (Å²) in [5, 5.41) is 18.2. The highest BCUT2D eigenvalue weighted by atomic mass is 32.2. The van der Waals surface area contributed by atoms with Crippen molar-refractivity contribution < 1.29 is 19.4 Å². The standard InChI is InChI=1S/C21H19FN2O4S/c22-18-9-16-19(24(13-3-4-13)11-17(20(16)26)21(27)28)10-15(18)12-1-5-14(6-2-12)29-23-7-8-25/h1-2,5-6,9-11,13,23,25H,3-4,7-8H2,(H,27,28). The highest BCUT2D eigenvalue weighted by Gasteiger charge is 2.27. The number of fused-ring (bicyclic) bond motifs is 1. The molecule has 4 rings (SSSR count). The number of rotatable bonds is 7. The van der Waals surface area contributed by atoms with Gasteiger partial charge in [-0.15, -0.1) is 0 Å². The first-order chi connectivity index (χ1) is 14.0. The predicted octanol–water partition coefficient (Wildman–Crippen LogP) is 3.43. The Morgan fingerprint density at radius 1 is 1.24 bits per heavy atom. The van der Waals surface area contributed by atoms with Crippen molar-refractivity contribution >= 4 is 28.8 Å². The van der Waals surface area contributed by atoms with Crippen LogP contribution < -0.4 is 10.2 Å². The molecule has 150 valence electrons. The molecule has 1 aromatic heterocycles. The molecule has 1 aliphatic carbocycles. The molecule has 3 N–H and O–H groups in total. The largest absolute Gasteiger partial charge is 0.477 e. The summed E-state index contributed by atoms with van der Waals surface area (Å²) in [4.78, 5) is 24.9. The van der Waals surface area contributed by atoms with Gasteiger partial charge in [0.2, 0.25) is 5.43 Å². The number of nitrogens with one attached hydrogen (secondary N) is 1. The number of aliphatic hydroxyl groups is 1. The van der Waals surface area contributed by atoms with Gasteiger partial charge in [-0.1, -0.05) is 12.1 Å². The van der Waals surface area contributed by atoms with Gasteiger partial charge in [0.25, 0.3) is 0 Å². The highest BCUT2D eigenvalue weighted by Crippen LogP contribution is 2.38. The van der Waals surface area contributed by atoms with Crippen LogP contribution in [0.5, 0.6) is 0 Å². The van der Waals surface area contributed by atoms with Crippen LogP contribution in [0, 0.1) is 5.82 Å². The number of benzene rings is 2. The molecule has 2 aromatic carbocycles. The molecule has 0 aliphatic heterocycles. The zero-order chi connectivity index (χ0) is 20.5. The van der Waals surface area contributed by atoms with Crippen molar-refractivity contribution in [2.75, 3.05) is 13.2 Å². The molecule has 0 amide bonds. The van der Waals surface area contributed by atoms with E-state index in [1.165, 1.54) is 18.1 Å². The van der Waals surface area contributed by atoms with Crippen molar-refractivity contribution in [3.63, 3.8) is 0 Å². The second-order valence-corrected chi connectivity index (χ2v) is 7.87. The van der Waals surface area contributed by atoms with Crippen molar-refractivity contribution in [1.82, 2.24) is 9.29 Å². The summed E-state index contributed by atoms with van der Waals surface area (Å²) in [6.45, 7) is 0.502. The highest BCUT2D eigenvalue weighted by molar-refractivity contribution is 7.97. The first-order valence-electron chi connectivity index (χ1n) is 9.22. The number of carbonyl (C=O) groups is 1. The Bertz CT molecular complexity index is 1140. The van der Waals surface area contributed by atoms with E-state index in [0.717, 1.165) is 23.8 Å². The van der Waals surface area contributed by atoms with E-state index in [1.807, 2.05) is 12.1 Å². The Kier molecular flexibility index (Phi) is 5.40. The lowest BCUT2D eigenvalue weighted by molar-refractivity contribution is 0.0695. The minimum Gasteiger partial charge on any atom is -0.477 e. The van der Waals surface area contributed by atoms with Crippen LogP contribution >= 0.6 is 11.9 Å². The Morgan fingerprint density at radius 2 is 1.97 bits per heavy atom. The first kappa shape index (κ1) is 19.6. The maximum atomic E-state index is 14.9. The Labute approximate surface area is 170 Å². The quantitative estimate of drug-likeness (QED) is 0.405. The molecule has 6 nitrogen and oxygen atoms in total. The second kappa shape index (κ2) is 7.98. The lowest BCUT2D eigenvalue weighted by Crippen LogP contribution is -2.19. The van der Waals surface area contributed by atoms with Crippen molar-refractivity contribution in [3.8, 4) is 11.1 Å². The van der Waals surface area contributed by atoms with Crippen LogP contribution in [0.15, 0.2) is 52.3 Å². The maximum Gasteiger partial charge on any atom is 0.341 e. The summed E-state index contributed by atoms with van der Waals surface area (Å²) in [5.41, 5.74) is 0.550. The number of hydrogen-bond acceptors (Lipinski definition) is 5. The summed E-state index contributed by atoms with van der Waals surface area (Å²) in [6.07, 6.45) is 3.17. The van der Waals surface area contributed by atoms with Gasteiger partial charge in [-0.05, 0) is 54.6 Å². The number of aliphatic hydroxyl groups excluding tert-OH is 1. The zero-order valence-electron chi connectivity index (χ0n) is 15.4. The Balaban J connectivity index is 1.79. The van der Waals surface area contributed by atoms with Gasteiger partial charge in [-0.2, -0.15) is 0 Å². The number of aromatic nitrogens is 1. The van der Waals surface area contributed by atoms with Gasteiger partial charge in [0.1, 0.15) is 11.4 Å². The van der Waals surface area contributed by atoms with E-state index in [4.69, 9.17) is 5.11 Å². The summed E-state index contributed by atoms with van der Waals surface area (Å²) in [7, 11) is 0. The van der Waals surface area contributed by atoms with E-state index < -0.39 is 17.2 Å². The second-order valence-electron chi connectivity index (χ2n) is 6.91. The number of nitrogens with zero attached hydrogens (tertiary/aromatic N) is 1. The summed E-state index contributed by atoms with van der Waals surface area (Å²) in [5.74, 6) is -1.88. The fourth-order valence-electron chi connectivity index (χ4n) is 3.28. The van der Waals surface area contributed by atoms with Gasteiger partial charge in [-0.3, -0.25) is 9.52 Å². The van der Waals surface area contributed by atoms with Crippen LogP contribution in [-0.2, 0) is 0 Å². The fourth-order valence-corrected chi connectivity index (χ4v) is 3.91. The minimum absolute atomic E-state index is 0.0413. The smallest absolute Gasteiger partial charge is 0.341 e. The molecule has 0 spiro atoms. The monoisotopic (exact) mass is 414 g/mol. The first-order valence-corrected chi connectivity index (χ1v) is 10.0. The lowest BCUT2D eigenvalue weighted by Gasteiger charge is -2.14. The number of hydrogen-bond donors (Lipinski definition) is 3. The lowest BCUT2D eigenvalue weighted by atomic mass is 10.0. The number of carboxylic acids is 1. The maximum absolute atomic E-state index is 14.9. The van der Waals surface area contributed by atoms with Gasteiger partial charge in [0.15, 0.2) is 0 Å². The van der Waals surface area contributed by atoms with Crippen molar-refractivity contribution in [1.29, 1.82) is 0 Å². The van der Waals surface area contributed by atoms with E-state index in [0.29, 0.717) is 23.2 Å². The van der Waals surface area contributed by atoms with E-state index in [1.54, 1.807) is 22.8 Å². The summed E-state index contributed by atoms with van der Waals surface area (Å²) in [6, 6.07) is 10.2. The molecule has 3 aromatic rings. The van der Waals surface area contributed by atoms with E-state index in [-0.39, 0.29) is 23.6 Å². The molecule has 1 fully saturated rings. The van der Waals surface area contributed by atoms with Gasteiger partial charge < -0.3 is 14.8 Å². The van der Waals surface area contributed by atoms with Crippen LogP contribution in [-0.4, -0.2) is 33.9 Å². The average Bonchev–Trinajstić information content (AvgIpc) is 3.54. The molecule has 0 bridgehead atoms. The summed E-state index contributed by atoms with van der Waals surface area (Å²) >= 11 is 1.37. The topological polar surface area (TPSA) is 91.6 Å². The van der Waals surface area contributed by atoms with Crippen LogP contribution in [0.25, 0.3) is 22.0 Å². The molecule has 0 radical (unpaired) electrons. The normalized spacial score (nSPS) is 13.7. The van der Waals surface area contributed by atoms with E-state index in [9.17, 15) is 19.1 Å². The van der Waals surface area contributed by atoms with Crippen molar-refractivity contribution in [3.05, 3.63) is 64.2 Å². The summed E-state index contributed by atoms with van der Waals surface area (Å²) < 4.78 is 19.7. The molecule has 1 saturated carbocycles. The van der Waals surface area contributed by atoms with Crippen LogP contribution in [0.1, 0.15) is 29.2 Å². The van der Waals surface area contributed by atoms with Gasteiger partial charge >= 0.3 is 5.97 Å². The van der Waals surface area contributed by atoms with Crippen LogP contribution in [0.3, 0.4) is 0 Å². The number of pyridine rings is 1.